The van der Waals surface area contributed by atoms with Crippen LogP contribution in [0.15, 0.2) is 0 Å². The number of anilines is 1. The Morgan fingerprint density at radius 2 is 2.05 bits per heavy atom. The van der Waals surface area contributed by atoms with Crippen LogP contribution in [0.25, 0.3) is 0 Å². The Balaban J connectivity index is 2.86. The van der Waals surface area contributed by atoms with Gasteiger partial charge in [-0.25, -0.2) is 4.79 Å². The molecular formula is C12H19N3O3S. The zero-order valence-corrected chi connectivity index (χ0v) is 12.4. The second-order valence-electron chi connectivity index (χ2n) is 5.19. The lowest BCUT2D eigenvalue weighted by atomic mass is 10.00. The van der Waals surface area contributed by atoms with E-state index in [-0.39, 0.29) is 17.9 Å². The Labute approximate surface area is 116 Å². The Morgan fingerprint density at radius 3 is 2.53 bits per heavy atom. The molecule has 0 unspecified atom stereocenters. The van der Waals surface area contributed by atoms with Crippen LogP contribution >= 0.6 is 11.5 Å². The Bertz CT molecular complexity index is 491. The number of carboxylic acids is 1. The maximum Gasteiger partial charge on any atom is 0.340 e. The summed E-state index contributed by atoms with van der Waals surface area (Å²) in [4.78, 5) is 24.5. The highest BCUT2D eigenvalue weighted by Gasteiger charge is 2.24. The first kappa shape index (κ1) is 15.6. The van der Waals surface area contributed by atoms with Gasteiger partial charge in [0.15, 0.2) is 0 Å². The number of aromatic nitrogens is 1. The predicted molar refractivity (Wildman–Crippen MR) is 74.7 cm³/mol. The monoisotopic (exact) mass is 285 g/mol. The number of carbonyl (C=O) groups excluding carboxylic acids is 1. The maximum atomic E-state index is 12.0. The van der Waals surface area contributed by atoms with Gasteiger partial charge in [-0.15, -0.1) is 0 Å². The van der Waals surface area contributed by atoms with Gasteiger partial charge in [0, 0.05) is 19.0 Å². The fourth-order valence-corrected chi connectivity index (χ4v) is 2.41. The van der Waals surface area contributed by atoms with E-state index in [9.17, 15) is 9.59 Å². The summed E-state index contributed by atoms with van der Waals surface area (Å²) >= 11 is 1.02. The van der Waals surface area contributed by atoms with Crippen LogP contribution < -0.4 is 10.6 Å². The number of aromatic carboxylic acids is 1. The van der Waals surface area contributed by atoms with E-state index in [4.69, 9.17) is 10.8 Å². The van der Waals surface area contributed by atoms with Crippen molar-refractivity contribution in [3.05, 3.63) is 11.3 Å². The molecule has 0 aliphatic rings. The standard InChI is InChI=1S/C12H19N3O3S/c1-7-9(11(17)18)10(19-14-7)15(4)8(16)5-6-12(2,3)13/h5-6,13H2,1-4H3,(H,17,18). The highest BCUT2D eigenvalue weighted by Crippen LogP contribution is 2.28. The van der Waals surface area contributed by atoms with E-state index in [0.29, 0.717) is 17.1 Å². The quantitative estimate of drug-likeness (QED) is 0.857. The van der Waals surface area contributed by atoms with Crippen molar-refractivity contribution in [1.82, 2.24) is 4.37 Å². The lowest BCUT2D eigenvalue weighted by Crippen LogP contribution is -2.35. The van der Waals surface area contributed by atoms with Crippen LogP contribution in [0.2, 0.25) is 0 Å². The fraction of sp³-hybridized carbons (Fsp3) is 0.583. The predicted octanol–water partition coefficient (Wildman–Crippen LogP) is 1.63. The number of carboxylic acid groups (broad SMARTS) is 1. The number of amides is 1. The molecule has 0 atom stereocenters. The largest absolute Gasteiger partial charge is 0.478 e. The van der Waals surface area contributed by atoms with Crippen molar-refractivity contribution in [1.29, 1.82) is 0 Å². The number of rotatable bonds is 5. The summed E-state index contributed by atoms with van der Waals surface area (Å²) in [5.41, 5.74) is 5.92. The first-order chi connectivity index (χ1) is 8.63. The number of carbonyl (C=O) groups is 2. The molecule has 0 fully saturated rings. The molecule has 7 heteroatoms. The molecule has 1 aromatic heterocycles. The number of hydrogen-bond donors (Lipinski definition) is 2. The van der Waals surface area contributed by atoms with E-state index < -0.39 is 11.5 Å². The molecule has 0 aliphatic carbocycles. The number of nitrogens with two attached hydrogens (primary N) is 1. The summed E-state index contributed by atoms with van der Waals surface area (Å²) in [5.74, 6) is -1.23. The maximum absolute atomic E-state index is 12.0. The molecule has 0 bridgehead atoms. The van der Waals surface area contributed by atoms with E-state index in [1.54, 1.807) is 14.0 Å². The van der Waals surface area contributed by atoms with Crippen LogP contribution in [-0.2, 0) is 4.79 Å². The molecule has 0 aliphatic heterocycles. The molecule has 3 N–H and O–H groups in total. The van der Waals surface area contributed by atoms with Crippen molar-refractivity contribution < 1.29 is 14.7 Å². The molecule has 1 rings (SSSR count). The Morgan fingerprint density at radius 1 is 1.47 bits per heavy atom. The minimum Gasteiger partial charge on any atom is -0.478 e. The van der Waals surface area contributed by atoms with Crippen molar-refractivity contribution in [3.63, 3.8) is 0 Å². The Kier molecular flexibility index (Phi) is 4.65. The highest BCUT2D eigenvalue weighted by molar-refractivity contribution is 7.11. The lowest BCUT2D eigenvalue weighted by molar-refractivity contribution is -0.118. The van der Waals surface area contributed by atoms with Gasteiger partial charge in [-0.2, -0.15) is 4.37 Å². The third kappa shape index (κ3) is 4.00. The number of nitrogens with zero attached hydrogens (tertiary/aromatic N) is 2. The molecule has 1 heterocycles. The van der Waals surface area contributed by atoms with Gasteiger partial charge in [-0.1, -0.05) is 0 Å². The van der Waals surface area contributed by atoms with Crippen molar-refractivity contribution in [2.45, 2.75) is 39.2 Å². The molecule has 0 saturated carbocycles. The van der Waals surface area contributed by atoms with Gasteiger partial charge in [-0.05, 0) is 38.7 Å². The van der Waals surface area contributed by atoms with Crippen molar-refractivity contribution in [2.75, 3.05) is 11.9 Å². The molecule has 19 heavy (non-hydrogen) atoms. The smallest absolute Gasteiger partial charge is 0.340 e. The minimum absolute atomic E-state index is 0.0906. The highest BCUT2D eigenvalue weighted by atomic mass is 32.1. The second kappa shape index (κ2) is 5.66. The summed E-state index contributed by atoms with van der Waals surface area (Å²) in [7, 11) is 1.56. The van der Waals surface area contributed by atoms with Crippen LogP contribution in [-0.4, -0.2) is 33.9 Å². The van der Waals surface area contributed by atoms with E-state index in [0.717, 1.165) is 11.5 Å². The normalized spacial score (nSPS) is 11.4. The summed E-state index contributed by atoms with van der Waals surface area (Å²) in [6, 6.07) is 0. The zero-order valence-electron chi connectivity index (χ0n) is 11.6. The number of hydrogen-bond acceptors (Lipinski definition) is 5. The van der Waals surface area contributed by atoms with Crippen molar-refractivity contribution in [2.24, 2.45) is 5.73 Å². The third-order valence-electron chi connectivity index (χ3n) is 2.72. The summed E-state index contributed by atoms with van der Waals surface area (Å²) in [6.07, 6.45) is 0.812. The van der Waals surface area contributed by atoms with E-state index in [2.05, 4.69) is 4.37 Å². The molecule has 1 aromatic rings. The van der Waals surface area contributed by atoms with Gasteiger partial charge in [0.25, 0.3) is 0 Å². The van der Waals surface area contributed by atoms with Gasteiger partial charge in [0.2, 0.25) is 5.91 Å². The van der Waals surface area contributed by atoms with Crippen LogP contribution in [0.3, 0.4) is 0 Å². The lowest BCUT2D eigenvalue weighted by Gasteiger charge is -2.21. The van der Waals surface area contributed by atoms with Gasteiger partial charge >= 0.3 is 5.97 Å². The van der Waals surface area contributed by atoms with Gasteiger partial charge < -0.3 is 15.7 Å². The fourth-order valence-electron chi connectivity index (χ4n) is 1.54. The van der Waals surface area contributed by atoms with Gasteiger partial charge in [-0.3, -0.25) is 4.79 Å². The van der Waals surface area contributed by atoms with Gasteiger partial charge in [0.05, 0.1) is 5.69 Å². The summed E-state index contributed by atoms with van der Waals surface area (Å²) in [5, 5.41) is 9.50. The average Bonchev–Trinajstić information content (AvgIpc) is 2.66. The third-order valence-corrected chi connectivity index (χ3v) is 3.74. The average molecular weight is 285 g/mol. The van der Waals surface area contributed by atoms with Crippen molar-refractivity contribution >= 4 is 28.4 Å². The van der Waals surface area contributed by atoms with Crippen LogP contribution in [0.4, 0.5) is 5.00 Å². The topological polar surface area (TPSA) is 96.5 Å². The summed E-state index contributed by atoms with van der Waals surface area (Å²) in [6.45, 7) is 5.31. The molecule has 0 spiro atoms. The molecule has 6 nitrogen and oxygen atoms in total. The number of aryl methyl sites for hydroxylation is 1. The molecule has 1 amide bonds. The molecule has 0 aromatic carbocycles. The van der Waals surface area contributed by atoms with Gasteiger partial charge in [0.1, 0.15) is 10.6 Å². The first-order valence-corrected chi connectivity index (χ1v) is 6.66. The van der Waals surface area contributed by atoms with E-state index in [1.165, 1.54) is 4.90 Å². The SMILES string of the molecule is Cc1nsc(N(C)C(=O)CCC(C)(C)N)c1C(=O)O. The first-order valence-electron chi connectivity index (χ1n) is 5.88. The molecular weight excluding hydrogens is 266 g/mol. The van der Waals surface area contributed by atoms with Crippen molar-refractivity contribution in [3.8, 4) is 0 Å². The Hall–Kier alpha value is -1.47. The van der Waals surface area contributed by atoms with Crippen LogP contribution in [0.1, 0.15) is 42.7 Å². The molecule has 0 radical (unpaired) electrons. The minimum atomic E-state index is -1.07. The molecule has 0 saturated heterocycles. The molecule has 106 valence electrons. The zero-order chi connectivity index (χ0) is 14.8. The van der Waals surface area contributed by atoms with Crippen LogP contribution in [0, 0.1) is 6.92 Å². The van der Waals surface area contributed by atoms with E-state index >= 15 is 0 Å². The van der Waals surface area contributed by atoms with Crippen LogP contribution in [0.5, 0.6) is 0 Å². The van der Waals surface area contributed by atoms with E-state index in [1.807, 2.05) is 13.8 Å². The second-order valence-corrected chi connectivity index (χ2v) is 5.95. The summed E-state index contributed by atoms with van der Waals surface area (Å²) < 4.78 is 3.99.